The van der Waals surface area contributed by atoms with Crippen LogP contribution in [0.25, 0.3) is 0 Å². The molecule has 0 rings (SSSR count). The number of nitrogens with one attached hydrogen (secondary N) is 1. The molecule has 0 saturated heterocycles. The standard InChI is InChI=1S/C7H13FN2O2.ClH/c1-4(2)3-7(8,5(9)10)6(11)12;/h4H,3H2,1-2H3,(H3,9,10)(H,11,12);1H. The van der Waals surface area contributed by atoms with E-state index in [9.17, 15) is 9.18 Å². The topological polar surface area (TPSA) is 87.2 Å². The van der Waals surface area contributed by atoms with Gasteiger partial charge in [0.25, 0.3) is 5.67 Å². The zero-order valence-corrected chi connectivity index (χ0v) is 8.32. The predicted octanol–water partition coefficient (Wildman–Crippen LogP) is 1.18. The molecule has 1 atom stereocenters. The Labute approximate surface area is 82.2 Å². The van der Waals surface area contributed by atoms with Crippen molar-refractivity contribution in [3.05, 3.63) is 0 Å². The Morgan fingerprint density at radius 1 is 1.69 bits per heavy atom. The third-order valence-corrected chi connectivity index (χ3v) is 1.46. The van der Waals surface area contributed by atoms with Crippen LogP contribution in [-0.4, -0.2) is 22.6 Å². The van der Waals surface area contributed by atoms with Crippen molar-refractivity contribution in [3.63, 3.8) is 0 Å². The second-order valence-electron chi connectivity index (χ2n) is 3.12. The fourth-order valence-corrected chi connectivity index (χ4v) is 0.875. The molecule has 0 aliphatic carbocycles. The molecule has 0 aromatic heterocycles. The molecule has 13 heavy (non-hydrogen) atoms. The quantitative estimate of drug-likeness (QED) is 0.483. The van der Waals surface area contributed by atoms with Gasteiger partial charge in [0.05, 0.1) is 0 Å². The number of alkyl halides is 1. The average Bonchev–Trinajstić information content (AvgIpc) is 1.84. The molecule has 0 fully saturated rings. The minimum atomic E-state index is -2.70. The maximum Gasteiger partial charge on any atom is 0.349 e. The zero-order chi connectivity index (χ0) is 9.94. The molecule has 0 heterocycles. The van der Waals surface area contributed by atoms with Crippen molar-refractivity contribution < 1.29 is 14.3 Å². The summed E-state index contributed by atoms with van der Waals surface area (Å²) in [7, 11) is 0. The molecule has 0 bridgehead atoms. The lowest BCUT2D eigenvalue weighted by Gasteiger charge is -2.20. The molecule has 0 radical (unpaired) electrons. The molecule has 1 unspecified atom stereocenters. The highest BCUT2D eigenvalue weighted by Crippen LogP contribution is 2.21. The van der Waals surface area contributed by atoms with Crippen LogP contribution in [0.15, 0.2) is 0 Å². The van der Waals surface area contributed by atoms with Gasteiger partial charge in [-0.1, -0.05) is 13.8 Å². The first-order valence-electron chi connectivity index (χ1n) is 3.57. The van der Waals surface area contributed by atoms with E-state index in [1.165, 1.54) is 0 Å². The first kappa shape index (κ1) is 14.7. The van der Waals surface area contributed by atoms with Gasteiger partial charge in [0.1, 0.15) is 5.84 Å². The normalized spacial score (nSPS) is 14.5. The van der Waals surface area contributed by atoms with Crippen LogP contribution in [0, 0.1) is 11.3 Å². The summed E-state index contributed by atoms with van der Waals surface area (Å²) in [6.07, 6.45) is -0.266. The number of carbonyl (C=O) groups is 1. The predicted molar refractivity (Wildman–Crippen MR) is 50.1 cm³/mol. The smallest absolute Gasteiger partial charge is 0.349 e. The van der Waals surface area contributed by atoms with Gasteiger partial charge >= 0.3 is 5.97 Å². The van der Waals surface area contributed by atoms with Crippen LogP contribution in [0.5, 0.6) is 0 Å². The van der Waals surface area contributed by atoms with Gasteiger partial charge in [-0.15, -0.1) is 12.4 Å². The number of hydrogen-bond acceptors (Lipinski definition) is 2. The molecule has 4 nitrogen and oxygen atoms in total. The average molecular weight is 213 g/mol. The van der Waals surface area contributed by atoms with Crippen LogP contribution in [0.1, 0.15) is 20.3 Å². The maximum absolute atomic E-state index is 13.3. The zero-order valence-electron chi connectivity index (χ0n) is 7.50. The van der Waals surface area contributed by atoms with Crippen molar-refractivity contribution in [2.75, 3.05) is 0 Å². The molecular formula is C7H14ClFN2O2. The van der Waals surface area contributed by atoms with Crippen LogP contribution in [0.4, 0.5) is 4.39 Å². The number of carboxylic acid groups (broad SMARTS) is 1. The lowest BCUT2D eigenvalue weighted by molar-refractivity contribution is -0.147. The third kappa shape index (κ3) is 3.59. The molecule has 6 heteroatoms. The fourth-order valence-electron chi connectivity index (χ4n) is 0.875. The minimum absolute atomic E-state index is 0. The van der Waals surface area contributed by atoms with Crippen LogP contribution in [0.3, 0.4) is 0 Å². The molecule has 0 saturated carbocycles. The van der Waals surface area contributed by atoms with Crippen molar-refractivity contribution in [1.29, 1.82) is 5.41 Å². The highest BCUT2D eigenvalue weighted by molar-refractivity contribution is 6.05. The second-order valence-corrected chi connectivity index (χ2v) is 3.12. The van der Waals surface area contributed by atoms with Gasteiger partial charge in [-0.05, 0) is 5.92 Å². The Kier molecular flexibility index (Phi) is 5.66. The van der Waals surface area contributed by atoms with Gasteiger partial charge in [0.2, 0.25) is 0 Å². The molecule has 0 aromatic rings. The van der Waals surface area contributed by atoms with E-state index in [0.717, 1.165) is 0 Å². The van der Waals surface area contributed by atoms with E-state index in [-0.39, 0.29) is 24.7 Å². The molecule has 78 valence electrons. The minimum Gasteiger partial charge on any atom is -0.479 e. The van der Waals surface area contributed by atoms with Gasteiger partial charge in [-0.2, -0.15) is 0 Å². The van der Waals surface area contributed by atoms with Crippen LogP contribution < -0.4 is 5.73 Å². The van der Waals surface area contributed by atoms with E-state index in [2.05, 4.69) is 0 Å². The summed E-state index contributed by atoms with van der Waals surface area (Å²) in [6.45, 7) is 3.33. The van der Waals surface area contributed by atoms with Crippen molar-refractivity contribution in [3.8, 4) is 0 Å². The Balaban J connectivity index is 0. The van der Waals surface area contributed by atoms with E-state index in [0.29, 0.717) is 0 Å². The number of halogens is 2. The number of amidine groups is 1. The Hall–Kier alpha value is -0.840. The van der Waals surface area contributed by atoms with E-state index >= 15 is 0 Å². The molecule has 0 spiro atoms. The number of aliphatic carboxylic acids is 1. The summed E-state index contributed by atoms with van der Waals surface area (Å²) in [5, 5.41) is 15.2. The summed E-state index contributed by atoms with van der Waals surface area (Å²) in [5.74, 6) is -2.79. The number of carboxylic acids is 1. The molecule has 0 aliphatic rings. The van der Waals surface area contributed by atoms with E-state index < -0.39 is 17.5 Å². The van der Waals surface area contributed by atoms with Crippen LogP contribution >= 0.6 is 12.4 Å². The fraction of sp³-hybridized carbons (Fsp3) is 0.714. The number of hydrogen-bond donors (Lipinski definition) is 3. The summed E-state index contributed by atoms with van der Waals surface area (Å²) < 4.78 is 13.3. The summed E-state index contributed by atoms with van der Waals surface area (Å²) in [6, 6.07) is 0. The summed E-state index contributed by atoms with van der Waals surface area (Å²) >= 11 is 0. The summed E-state index contributed by atoms with van der Waals surface area (Å²) in [4.78, 5) is 10.4. The molecule has 0 amide bonds. The Morgan fingerprint density at radius 2 is 2.08 bits per heavy atom. The lowest BCUT2D eigenvalue weighted by atomic mass is 9.93. The van der Waals surface area contributed by atoms with E-state index in [4.69, 9.17) is 16.2 Å². The van der Waals surface area contributed by atoms with Gasteiger partial charge in [-0.3, -0.25) is 5.41 Å². The van der Waals surface area contributed by atoms with Gasteiger partial charge < -0.3 is 10.8 Å². The van der Waals surface area contributed by atoms with Crippen LogP contribution in [-0.2, 0) is 4.79 Å². The Morgan fingerprint density at radius 3 is 2.15 bits per heavy atom. The second kappa shape index (κ2) is 5.01. The van der Waals surface area contributed by atoms with Crippen molar-refractivity contribution in [2.24, 2.45) is 11.7 Å². The van der Waals surface area contributed by atoms with E-state index in [1.807, 2.05) is 0 Å². The molecule has 4 N–H and O–H groups in total. The summed E-state index contributed by atoms with van der Waals surface area (Å²) in [5.41, 5.74) is 2.15. The monoisotopic (exact) mass is 212 g/mol. The first-order chi connectivity index (χ1) is 5.30. The maximum atomic E-state index is 13.3. The molecular weight excluding hydrogens is 199 g/mol. The molecule has 0 aliphatic heterocycles. The molecule has 0 aromatic carbocycles. The first-order valence-corrected chi connectivity index (χ1v) is 3.57. The SMILES string of the molecule is CC(C)CC(F)(C(=N)N)C(=O)O.Cl. The van der Waals surface area contributed by atoms with Crippen molar-refractivity contribution in [2.45, 2.75) is 25.9 Å². The largest absolute Gasteiger partial charge is 0.479 e. The third-order valence-electron chi connectivity index (χ3n) is 1.46. The number of nitrogens with two attached hydrogens (primary N) is 1. The number of rotatable bonds is 4. The lowest BCUT2D eigenvalue weighted by Crippen LogP contribution is -2.47. The van der Waals surface area contributed by atoms with E-state index in [1.54, 1.807) is 13.8 Å². The van der Waals surface area contributed by atoms with Gasteiger partial charge in [0, 0.05) is 6.42 Å². The highest BCUT2D eigenvalue weighted by atomic mass is 35.5. The highest BCUT2D eigenvalue weighted by Gasteiger charge is 2.42. The van der Waals surface area contributed by atoms with Gasteiger partial charge in [-0.25, -0.2) is 9.18 Å². The van der Waals surface area contributed by atoms with Crippen molar-refractivity contribution in [1.82, 2.24) is 0 Å². The van der Waals surface area contributed by atoms with Gasteiger partial charge in [0.15, 0.2) is 0 Å². The van der Waals surface area contributed by atoms with Crippen LogP contribution in [0.2, 0.25) is 0 Å². The Bertz CT molecular complexity index is 195. The van der Waals surface area contributed by atoms with Crippen molar-refractivity contribution >= 4 is 24.2 Å².